The van der Waals surface area contributed by atoms with Gasteiger partial charge in [0.2, 0.25) is 12.1 Å². The number of nitro groups is 1. The predicted molar refractivity (Wildman–Crippen MR) is 191 cm³/mol. The van der Waals surface area contributed by atoms with Gasteiger partial charge < -0.3 is 50.0 Å². The number of hydrogen-bond acceptors (Lipinski definition) is 13. The third-order valence-electron chi connectivity index (χ3n) is 7.92. The summed E-state index contributed by atoms with van der Waals surface area (Å²) in [7, 11) is -16.9. The van der Waals surface area contributed by atoms with Crippen molar-refractivity contribution in [1.82, 2.24) is 9.88 Å². The fourth-order valence-corrected chi connectivity index (χ4v) is 8.40. The second-order valence-corrected chi connectivity index (χ2v) is 16.5. The number of phosphoric acid groups is 3. The van der Waals surface area contributed by atoms with E-state index in [2.05, 4.69) is 30.3 Å². The molecular weight excluding hydrogens is 791 g/mol. The van der Waals surface area contributed by atoms with Gasteiger partial charge in [-0.05, 0) is 41.0 Å². The van der Waals surface area contributed by atoms with Crippen LogP contribution in [0.1, 0.15) is 67.1 Å². The summed E-state index contributed by atoms with van der Waals surface area (Å²) in [5.74, 6) is 4.85. The number of benzene rings is 2. The van der Waals surface area contributed by atoms with E-state index in [9.17, 15) is 53.4 Å². The summed E-state index contributed by atoms with van der Waals surface area (Å²) in [6.07, 6.45) is 0.343. The molecule has 0 aliphatic carbocycles. The van der Waals surface area contributed by atoms with E-state index in [0.717, 1.165) is 34.6 Å². The number of ketones is 1. The lowest BCUT2D eigenvalue weighted by Crippen LogP contribution is -2.26. The number of aromatic nitrogens is 1. The first-order valence-corrected chi connectivity index (χ1v) is 21.0. The first-order chi connectivity index (χ1) is 25.8. The smallest absolute Gasteiger partial charge is 0.490 e. The summed E-state index contributed by atoms with van der Waals surface area (Å²) in [5, 5.41) is 34.1. The highest BCUT2D eigenvalue weighted by Crippen LogP contribution is 2.66. The van der Waals surface area contributed by atoms with Crippen LogP contribution in [0, 0.1) is 22.0 Å². The van der Waals surface area contributed by atoms with Crippen LogP contribution in [0.15, 0.2) is 60.8 Å². The van der Waals surface area contributed by atoms with Gasteiger partial charge in [0.25, 0.3) is 0 Å². The Kier molecular flexibility index (Phi) is 15.2. The monoisotopic (exact) mass is 829 g/mol. The maximum absolute atomic E-state index is 12.6. The lowest BCUT2D eigenvalue weighted by molar-refractivity contribution is -0.393. The van der Waals surface area contributed by atoms with Crippen LogP contribution in [0.3, 0.4) is 0 Å². The average molecular weight is 830 g/mol. The Bertz CT molecular complexity index is 2040. The van der Waals surface area contributed by atoms with Crippen molar-refractivity contribution < 1.29 is 75.9 Å². The van der Waals surface area contributed by atoms with Gasteiger partial charge in [-0.2, -0.15) is 8.62 Å². The van der Waals surface area contributed by atoms with Gasteiger partial charge in [0.1, 0.15) is 18.1 Å². The van der Waals surface area contributed by atoms with E-state index in [1.54, 1.807) is 36.4 Å². The molecule has 0 bridgehead atoms. The van der Waals surface area contributed by atoms with E-state index in [1.807, 2.05) is 12.1 Å². The van der Waals surface area contributed by atoms with Crippen LogP contribution in [0.5, 0.6) is 5.75 Å². The van der Waals surface area contributed by atoms with E-state index in [1.165, 1.54) is 6.20 Å². The molecule has 1 saturated heterocycles. The Morgan fingerprint density at radius 2 is 1.55 bits per heavy atom. The van der Waals surface area contributed by atoms with Crippen LogP contribution < -0.4 is 5.32 Å². The Morgan fingerprint density at radius 1 is 0.927 bits per heavy atom. The zero-order valence-corrected chi connectivity index (χ0v) is 31.5. The summed E-state index contributed by atoms with van der Waals surface area (Å²) in [6, 6.07) is 15.2. The van der Waals surface area contributed by atoms with Gasteiger partial charge in [-0.25, -0.2) is 18.3 Å². The molecular formula is C32H38N3O17P3. The fraction of sp³-hybridized carbons (Fsp3) is 0.375. The van der Waals surface area contributed by atoms with E-state index < -0.39 is 59.3 Å². The van der Waals surface area contributed by atoms with Crippen LogP contribution in [0.25, 0.3) is 11.1 Å². The van der Waals surface area contributed by atoms with Crippen LogP contribution in [-0.4, -0.2) is 76.3 Å². The molecule has 7 N–H and O–H groups in total. The van der Waals surface area contributed by atoms with Gasteiger partial charge in [-0.3, -0.25) is 14.1 Å². The number of rotatable bonds is 19. The Morgan fingerprint density at radius 3 is 2.16 bits per heavy atom. The number of aromatic hydroxyl groups is 1. The maximum Gasteiger partial charge on any atom is 0.490 e. The zero-order valence-electron chi connectivity index (χ0n) is 28.8. The molecule has 5 atom stereocenters. The number of aliphatic hydroxyl groups is 1. The lowest BCUT2D eigenvalue weighted by Gasteiger charge is -2.18. The number of carbonyl (C=O) groups excluding carboxylic acids is 2. The summed E-state index contributed by atoms with van der Waals surface area (Å²) in [5.41, 5.74) is 2.63. The van der Waals surface area contributed by atoms with Gasteiger partial charge in [0.05, 0.1) is 30.9 Å². The number of unbranched alkanes of at least 4 members (excludes halogenated alkanes) is 3. The molecule has 4 rings (SSSR count). The van der Waals surface area contributed by atoms with Crippen molar-refractivity contribution in [3.63, 3.8) is 0 Å². The first kappa shape index (κ1) is 43.7. The predicted octanol–water partition coefficient (Wildman–Crippen LogP) is 4.45. The van der Waals surface area contributed by atoms with Crippen LogP contribution in [-0.2, 0) is 36.4 Å². The molecule has 0 spiro atoms. The third-order valence-corrected chi connectivity index (χ3v) is 11.7. The number of nitrogens with one attached hydrogen (secondary N) is 1. The molecule has 2 heterocycles. The largest absolute Gasteiger partial charge is 0.508 e. The van der Waals surface area contributed by atoms with Crippen LogP contribution in [0.2, 0.25) is 0 Å². The van der Waals surface area contributed by atoms with Crippen molar-refractivity contribution in [2.45, 2.75) is 63.4 Å². The second-order valence-electron chi connectivity index (χ2n) is 12.1. The molecule has 3 unspecified atom stereocenters. The van der Waals surface area contributed by atoms with Crippen molar-refractivity contribution in [3.8, 4) is 28.7 Å². The Hall–Kier alpha value is -4.05. The molecule has 3 aromatic rings. The van der Waals surface area contributed by atoms with Gasteiger partial charge in [0, 0.05) is 24.8 Å². The molecule has 1 aromatic heterocycles. The van der Waals surface area contributed by atoms with Crippen molar-refractivity contribution in [3.05, 3.63) is 82.0 Å². The summed E-state index contributed by atoms with van der Waals surface area (Å²) in [4.78, 5) is 71.9. The summed E-state index contributed by atoms with van der Waals surface area (Å²) in [6.45, 7) is -1.01. The molecule has 1 fully saturated rings. The number of hydrogen-bond donors (Lipinski definition) is 7. The van der Waals surface area contributed by atoms with Gasteiger partial charge in [0.15, 0.2) is 5.78 Å². The van der Waals surface area contributed by atoms with Crippen molar-refractivity contribution in [2.75, 3.05) is 13.2 Å². The molecule has 0 radical (unpaired) electrons. The maximum atomic E-state index is 12.6. The van der Waals surface area contributed by atoms with Crippen molar-refractivity contribution >= 4 is 41.0 Å². The second kappa shape index (κ2) is 19.2. The minimum atomic E-state index is -5.77. The van der Waals surface area contributed by atoms with Gasteiger partial charge in [-0.15, -0.1) is 0 Å². The number of amides is 1. The van der Waals surface area contributed by atoms with Gasteiger partial charge >= 0.3 is 29.3 Å². The minimum absolute atomic E-state index is 0.0273. The Labute approximate surface area is 313 Å². The van der Waals surface area contributed by atoms with E-state index >= 15 is 0 Å². The van der Waals surface area contributed by atoms with Crippen LogP contribution >= 0.6 is 23.5 Å². The average Bonchev–Trinajstić information content (AvgIpc) is 3.69. The highest BCUT2D eigenvalue weighted by molar-refractivity contribution is 7.66. The number of nitrogens with zero attached hydrogens (tertiary/aromatic N) is 2. The van der Waals surface area contributed by atoms with Gasteiger partial charge in [-0.1, -0.05) is 61.1 Å². The fourth-order valence-electron chi connectivity index (χ4n) is 5.37. The number of phenols is 1. The number of ether oxygens (including phenoxy) is 1. The molecule has 2 aromatic carbocycles. The molecule has 20 nitrogen and oxygen atoms in total. The molecule has 1 amide bonds. The lowest BCUT2D eigenvalue weighted by atomic mass is 10.00. The molecule has 55 heavy (non-hydrogen) atoms. The van der Waals surface area contributed by atoms with E-state index in [-0.39, 0.29) is 42.4 Å². The highest BCUT2D eigenvalue weighted by atomic mass is 31.3. The number of aliphatic hydroxyl groups excluding tert-OH is 1. The standard InChI is InChI=1S/C32H38N3O17P3/c36-26-15-13-24(14-16-26)23-9-11-25(12-10-23)27(37)7-3-1-2-4-8-30(39)33-17-5-6-22-18-31(35(40)41)34(20-22)32-19-28(38)29(50-32)21-49-54(45,46)52-55(47,48)51-53(42,43)44/h9-16,18,20,28-29,32,36,38H,1-4,7-8,17,19,21H2,(H,33,39)(H,45,46)(H,47,48)(H2,42,43,44)/t28?,29-,32-/m1/s1. The van der Waals surface area contributed by atoms with Crippen LogP contribution in [0.4, 0.5) is 5.82 Å². The normalized spacial score (nSPS) is 19.1. The highest BCUT2D eigenvalue weighted by Gasteiger charge is 2.44. The third kappa shape index (κ3) is 14.2. The quantitative estimate of drug-likeness (QED) is 0.0219. The number of carbonyl (C=O) groups is 2. The summed E-state index contributed by atoms with van der Waals surface area (Å²) >= 11 is 0. The summed E-state index contributed by atoms with van der Waals surface area (Å²) < 4.78 is 52.6. The molecule has 0 saturated carbocycles. The van der Waals surface area contributed by atoms with E-state index in [4.69, 9.17) is 14.5 Å². The van der Waals surface area contributed by atoms with Crippen molar-refractivity contribution in [1.29, 1.82) is 0 Å². The Balaban J connectivity index is 1.16. The molecule has 1 aliphatic heterocycles. The zero-order chi connectivity index (χ0) is 40.4. The van der Waals surface area contributed by atoms with E-state index in [0.29, 0.717) is 24.8 Å². The number of Topliss-reactive ketones (excluding diaryl/α,β-unsaturated/α-hetero) is 1. The molecule has 1 aliphatic rings. The minimum Gasteiger partial charge on any atom is -0.508 e. The topological polar surface area (TPSA) is 304 Å². The number of phenolic OH excluding ortho intramolecular Hbond substituents is 1. The molecule has 298 valence electrons. The first-order valence-electron chi connectivity index (χ1n) is 16.5. The molecule has 23 heteroatoms. The number of phosphoric ester groups is 1. The van der Waals surface area contributed by atoms with Crippen molar-refractivity contribution in [2.24, 2.45) is 0 Å². The SMILES string of the molecule is O=C(CCCCCCC(=O)c1ccc(-c2ccc(O)cc2)cc1)NCC#Cc1cc([N+](=O)[O-])n([C@H]2CC(O)[C@@H](COP(=O)(O)OP(=O)(O)OP(=O)(O)O)O2)c1.